The number of pyridine rings is 1. The summed E-state index contributed by atoms with van der Waals surface area (Å²) in [5.41, 5.74) is 1.75. The molecular formula is C13H14ClNO2. The zero-order chi connectivity index (χ0) is 12.4. The van der Waals surface area contributed by atoms with Crippen LogP contribution in [0.15, 0.2) is 18.2 Å². The highest BCUT2D eigenvalue weighted by Crippen LogP contribution is 2.35. The van der Waals surface area contributed by atoms with Crippen LogP contribution in [0.3, 0.4) is 0 Å². The molecule has 17 heavy (non-hydrogen) atoms. The molecule has 0 unspecified atom stereocenters. The Labute approximate surface area is 105 Å². The largest absolute Gasteiger partial charge is 0.497 e. The van der Waals surface area contributed by atoms with Crippen LogP contribution in [-0.2, 0) is 6.42 Å². The van der Waals surface area contributed by atoms with Gasteiger partial charge in [0.25, 0.3) is 0 Å². The first-order chi connectivity index (χ1) is 8.19. The lowest BCUT2D eigenvalue weighted by Crippen LogP contribution is -1.94. The molecule has 0 radical (unpaired) electrons. The first kappa shape index (κ1) is 12.0. The van der Waals surface area contributed by atoms with E-state index in [2.05, 4.69) is 4.98 Å². The van der Waals surface area contributed by atoms with Gasteiger partial charge in [-0.05, 0) is 12.5 Å². The number of methoxy groups -OCH3 is 2. The third-order valence-electron chi connectivity index (χ3n) is 2.67. The number of fused-ring (bicyclic) bond motifs is 1. The quantitative estimate of drug-likeness (QED) is 0.837. The maximum atomic E-state index is 6.26. The maximum absolute atomic E-state index is 6.26. The molecule has 0 aliphatic carbocycles. The van der Waals surface area contributed by atoms with Gasteiger partial charge in [-0.25, -0.2) is 0 Å². The summed E-state index contributed by atoms with van der Waals surface area (Å²) in [4.78, 5) is 4.53. The first-order valence-corrected chi connectivity index (χ1v) is 5.78. The SMILES string of the molecule is CCc1cc(Cl)c2c(OC)cc(OC)cc2n1. The van der Waals surface area contributed by atoms with E-state index < -0.39 is 0 Å². The second kappa shape index (κ2) is 4.80. The van der Waals surface area contributed by atoms with Crippen LogP contribution in [-0.4, -0.2) is 19.2 Å². The van der Waals surface area contributed by atoms with Gasteiger partial charge in [0.2, 0.25) is 0 Å². The van der Waals surface area contributed by atoms with E-state index in [4.69, 9.17) is 21.1 Å². The van der Waals surface area contributed by atoms with Gasteiger partial charge in [0.05, 0.1) is 30.1 Å². The highest BCUT2D eigenvalue weighted by molar-refractivity contribution is 6.36. The fourth-order valence-electron chi connectivity index (χ4n) is 1.77. The van der Waals surface area contributed by atoms with E-state index in [0.29, 0.717) is 16.5 Å². The molecule has 1 aromatic carbocycles. The average Bonchev–Trinajstić information content (AvgIpc) is 2.36. The maximum Gasteiger partial charge on any atom is 0.133 e. The molecule has 0 spiro atoms. The van der Waals surface area contributed by atoms with E-state index >= 15 is 0 Å². The van der Waals surface area contributed by atoms with E-state index in [-0.39, 0.29) is 0 Å². The number of nitrogens with zero attached hydrogens (tertiary/aromatic N) is 1. The van der Waals surface area contributed by atoms with Crippen LogP contribution in [0.2, 0.25) is 5.02 Å². The Bertz CT molecular complexity index is 549. The van der Waals surface area contributed by atoms with Gasteiger partial charge in [-0.15, -0.1) is 0 Å². The van der Waals surface area contributed by atoms with E-state index in [1.807, 2.05) is 25.1 Å². The normalized spacial score (nSPS) is 10.6. The van der Waals surface area contributed by atoms with Gasteiger partial charge in [-0.1, -0.05) is 18.5 Å². The minimum absolute atomic E-state index is 0.659. The number of aromatic nitrogens is 1. The van der Waals surface area contributed by atoms with E-state index in [1.54, 1.807) is 14.2 Å². The number of benzene rings is 1. The predicted molar refractivity (Wildman–Crippen MR) is 69.2 cm³/mol. The van der Waals surface area contributed by atoms with Crippen LogP contribution in [0, 0.1) is 0 Å². The van der Waals surface area contributed by atoms with Gasteiger partial charge in [0.1, 0.15) is 11.5 Å². The van der Waals surface area contributed by atoms with Crippen LogP contribution >= 0.6 is 11.6 Å². The minimum atomic E-state index is 0.659. The van der Waals surface area contributed by atoms with Crippen molar-refractivity contribution in [3.05, 3.63) is 28.9 Å². The zero-order valence-electron chi connectivity index (χ0n) is 10.1. The van der Waals surface area contributed by atoms with Crippen LogP contribution < -0.4 is 9.47 Å². The molecule has 3 nitrogen and oxygen atoms in total. The Morgan fingerprint density at radius 1 is 1.18 bits per heavy atom. The number of hydrogen-bond donors (Lipinski definition) is 0. The summed E-state index contributed by atoms with van der Waals surface area (Å²) in [5.74, 6) is 1.39. The molecule has 0 bridgehead atoms. The molecule has 0 saturated carbocycles. The van der Waals surface area contributed by atoms with Crippen molar-refractivity contribution < 1.29 is 9.47 Å². The fourth-order valence-corrected chi connectivity index (χ4v) is 2.09. The Morgan fingerprint density at radius 3 is 2.53 bits per heavy atom. The van der Waals surface area contributed by atoms with Crippen molar-refractivity contribution in [3.63, 3.8) is 0 Å². The molecule has 2 aromatic rings. The lowest BCUT2D eigenvalue weighted by Gasteiger charge is -2.10. The van der Waals surface area contributed by atoms with Crippen LogP contribution in [0.1, 0.15) is 12.6 Å². The Kier molecular flexibility index (Phi) is 3.38. The molecule has 0 saturated heterocycles. The molecule has 0 amide bonds. The smallest absolute Gasteiger partial charge is 0.133 e. The molecular weight excluding hydrogens is 238 g/mol. The number of ether oxygens (including phenoxy) is 2. The highest BCUT2D eigenvalue weighted by Gasteiger charge is 2.11. The van der Waals surface area contributed by atoms with Gasteiger partial charge in [-0.2, -0.15) is 0 Å². The number of rotatable bonds is 3. The van der Waals surface area contributed by atoms with Gasteiger partial charge >= 0.3 is 0 Å². The molecule has 1 aromatic heterocycles. The highest BCUT2D eigenvalue weighted by atomic mass is 35.5. The Hall–Kier alpha value is -1.48. The summed E-state index contributed by atoms with van der Waals surface area (Å²) >= 11 is 6.26. The molecule has 0 aliphatic heterocycles. The van der Waals surface area contributed by atoms with Crippen LogP contribution in [0.5, 0.6) is 11.5 Å². The second-order valence-corrected chi connectivity index (χ2v) is 4.08. The van der Waals surface area contributed by atoms with E-state index in [0.717, 1.165) is 23.0 Å². The molecule has 0 atom stereocenters. The van der Waals surface area contributed by atoms with Crippen LogP contribution in [0.25, 0.3) is 10.9 Å². The van der Waals surface area contributed by atoms with Gasteiger partial charge in [-0.3, -0.25) is 4.98 Å². The molecule has 0 fully saturated rings. The summed E-state index contributed by atoms with van der Waals surface area (Å²) in [6.45, 7) is 2.04. The fraction of sp³-hybridized carbons (Fsp3) is 0.308. The van der Waals surface area contributed by atoms with Gasteiger partial charge < -0.3 is 9.47 Å². The van der Waals surface area contributed by atoms with Crippen molar-refractivity contribution in [1.82, 2.24) is 4.98 Å². The summed E-state index contributed by atoms with van der Waals surface area (Å²) in [7, 11) is 3.23. The molecule has 0 N–H and O–H groups in total. The third kappa shape index (κ3) is 2.15. The monoisotopic (exact) mass is 251 g/mol. The van der Waals surface area contributed by atoms with Gasteiger partial charge in [0, 0.05) is 17.8 Å². The third-order valence-corrected chi connectivity index (χ3v) is 2.97. The van der Waals surface area contributed by atoms with Crippen molar-refractivity contribution in [2.75, 3.05) is 14.2 Å². The van der Waals surface area contributed by atoms with Crippen LogP contribution in [0.4, 0.5) is 0 Å². The number of hydrogen-bond acceptors (Lipinski definition) is 3. The summed E-state index contributed by atoms with van der Waals surface area (Å²) in [6, 6.07) is 5.54. The summed E-state index contributed by atoms with van der Waals surface area (Å²) < 4.78 is 10.5. The molecule has 2 rings (SSSR count). The molecule has 4 heteroatoms. The van der Waals surface area contributed by atoms with E-state index in [1.165, 1.54) is 0 Å². The number of aryl methyl sites for hydroxylation is 1. The average molecular weight is 252 g/mol. The second-order valence-electron chi connectivity index (χ2n) is 3.67. The minimum Gasteiger partial charge on any atom is -0.497 e. The summed E-state index contributed by atoms with van der Waals surface area (Å²) in [6.07, 6.45) is 0.842. The lowest BCUT2D eigenvalue weighted by atomic mass is 10.1. The van der Waals surface area contributed by atoms with Crippen molar-refractivity contribution in [3.8, 4) is 11.5 Å². The topological polar surface area (TPSA) is 31.4 Å². The standard InChI is InChI=1S/C13H14ClNO2/c1-4-8-5-10(14)13-11(15-8)6-9(16-2)7-12(13)17-3/h5-7H,4H2,1-3H3. The summed E-state index contributed by atoms with van der Waals surface area (Å²) in [5, 5.41) is 1.48. The molecule has 1 heterocycles. The van der Waals surface area contributed by atoms with Crippen molar-refractivity contribution in [1.29, 1.82) is 0 Å². The zero-order valence-corrected chi connectivity index (χ0v) is 10.8. The number of halogens is 1. The Morgan fingerprint density at radius 2 is 1.94 bits per heavy atom. The first-order valence-electron chi connectivity index (χ1n) is 5.40. The van der Waals surface area contributed by atoms with Crippen molar-refractivity contribution in [2.24, 2.45) is 0 Å². The van der Waals surface area contributed by atoms with Crippen molar-refractivity contribution in [2.45, 2.75) is 13.3 Å². The molecule has 0 aliphatic rings. The Balaban J connectivity index is 2.79. The van der Waals surface area contributed by atoms with Crippen molar-refractivity contribution >= 4 is 22.5 Å². The lowest BCUT2D eigenvalue weighted by molar-refractivity contribution is 0.398. The predicted octanol–water partition coefficient (Wildman–Crippen LogP) is 3.47. The van der Waals surface area contributed by atoms with Gasteiger partial charge in [0.15, 0.2) is 0 Å². The molecule has 90 valence electrons. The van der Waals surface area contributed by atoms with E-state index in [9.17, 15) is 0 Å².